The van der Waals surface area contributed by atoms with Crippen LogP contribution in [0.3, 0.4) is 0 Å². The monoisotopic (exact) mass is 270 g/mol. The maximum atomic E-state index is 12.3. The van der Waals surface area contributed by atoms with E-state index in [2.05, 4.69) is 0 Å². The van der Waals surface area contributed by atoms with Crippen molar-refractivity contribution in [3.63, 3.8) is 0 Å². The van der Waals surface area contributed by atoms with Gasteiger partial charge in [0, 0.05) is 12.1 Å². The van der Waals surface area contributed by atoms with Gasteiger partial charge in [-0.15, -0.1) is 0 Å². The molecule has 0 amide bonds. The lowest BCUT2D eigenvalue weighted by molar-refractivity contribution is -0.684. The third kappa shape index (κ3) is 3.77. The molecular formula is C12H10F2NO4+. The SMILES string of the molecule is O=C/C(O)=C(\C(=O)C[n+]1ccccc1)C(=O)C(F)F. The Kier molecular flexibility index (Phi) is 4.99. The average molecular weight is 270 g/mol. The number of aliphatic hydroxyl groups is 1. The van der Waals surface area contributed by atoms with E-state index in [1.807, 2.05) is 0 Å². The number of halogens is 2. The standard InChI is InChI=1S/C12H9F2NO4/c13-12(14)11(19)10(9(18)7-16)8(17)6-15-4-2-1-3-5-15/h1-5,7,12H,6H2/p+1. The number of aliphatic hydroxyl groups excluding tert-OH is 1. The number of alkyl halides is 2. The van der Waals surface area contributed by atoms with E-state index < -0.39 is 35.9 Å². The van der Waals surface area contributed by atoms with Gasteiger partial charge in [-0.25, -0.2) is 8.78 Å². The Bertz CT molecular complexity index is 526. The third-order valence-corrected chi connectivity index (χ3v) is 2.19. The van der Waals surface area contributed by atoms with Crippen LogP contribution in [0, 0.1) is 0 Å². The van der Waals surface area contributed by atoms with Crippen molar-refractivity contribution in [1.82, 2.24) is 0 Å². The molecule has 0 aliphatic carbocycles. The minimum atomic E-state index is -3.47. The summed E-state index contributed by atoms with van der Waals surface area (Å²) in [5.41, 5.74) is -1.18. The molecule has 0 radical (unpaired) electrons. The second-order valence-electron chi connectivity index (χ2n) is 3.51. The van der Waals surface area contributed by atoms with Gasteiger partial charge < -0.3 is 5.11 Å². The van der Waals surface area contributed by atoms with Crippen molar-refractivity contribution in [2.24, 2.45) is 0 Å². The number of hydrogen-bond donors (Lipinski definition) is 1. The number of allylic oxidation sites excluding steroid dienone is 2. The van der Waals surface area contributed by atoms with E-state index in [-0.39, 0.29) is 6.29 Å². The van der Waals surface area contributed by atoms with Crippen LogP contribution in [0.2, 0.25) is 0 Å². The molecule has 0 atom stereocenters. The lowest BCUT2D eigenvalue weighted by Gasteiger charge is -2.03. The fourth-order valence-corrected chi connectivity index (χ4v) is 1.36. The molecule has 0 aliphatic rings. The predicted molar refractivity (Wildman–Crippen MR) is 58.4 cm³/mol. The molecule has 100 valence electrons. The molecule has 1 rings (SSSR count). The number of hydrogen-bond acceptors (Lipinski definition) is 4. The summed E-state index contributed by atoms with van der Waals surface area (Å²) in [6.07, 6.45) is -0.745. The summed E-state index contributed by atoms with van der Waals surface area (Å²) < 4.78 is 25.9. The topological polar surface area (TPSA) is 75.3 Å². The highest BCUT2D eigenvalue weighted by molar-refractivity contribution is 6.23. The number of Topliss-reactive ketones (excluding diaryl/α,β-unsaturated/α-hetero) is 2. The highest BCUT2D eigenvalue weighted by Crippen LogP contribution is 2.10. The largest absolute Gasteiger partial charge is 0.504 e. The van der Waals surface area contributed by atoms with Gasteiger partial charge in [-0.3, -0.25) is 14.4 Å². The summed E-state index contributed by atoms with van der Waals surface area (Å²) in [5, 5.41) is 9.11. The molecule has 19 heavy (non-hydrogen) atoms. The molecule has 7 heteroatoms. The van der Waals surface area contributed by atoms with Crippen LogP contribution in [0.25, 0.3) is 0 Å². The summed E-state index contributed by atoms with van der Waals surface area (Å²) in [5.74, 6) is -4.22. The van der Waals surface area contributed by atoms with E-state index in [1.165, 1.54) is 17.0 Å². The third-order valence-electron chi connectivity index (χ3n) is 2.19. The van der Waals surface area contributed by atoms with Crippen LogP contribution in [0.15, 0.2) is 41.9 Å². The van der Waals surface area contributed by atoms with Crippen molar-refractivity contribution in [3.8, 4) is 0 Å². The van der Waals surface area contributed by atoms with Crippen molar-refractivity contribution in [1.29, 1.82) is 0 Å². The van der Waals surface area contributed by atoms with Crippen molar-refractivity contribution in [2.45, 2.75) is 13.0 Å². The van der Waals surface area contributed by atoms with Crippen LogP contribution < -0.4 is 4.57 Å². The Labute approximate surface area is 106 Å². The molecule has 5 nitrogen and oxygen atoms in total. The maximum absolute atomic E-state index is 12.3. The molecule has 0 fully saturated rings. The minimum Gasteiger partial charge on any atom is -0.504 e. The minimum absolute atomic E-state index is 0.219. The number of aldehydes is 1. The molecule has 0 bridgehead atoms. The van der Waals surface area contributed by atoms with Crippen LogP contribution in [-0.2, 0) is 20.9 Å². The van der Waals surface area contributed by atoms with Gasteiger partial charge in [0.25, 0.3) is 0 Å². The molecule has 0 saturated heterocycles. The highest BCUT2D eigenvalue weighted by atomic mass is 19.3. The zero-order valence-electron chi connectivity index (χ0n) is 9.62. The number of rotatable bonds is 6. The van der Waals surface area contributed by atoms with Crippen LogP contribution >= 0.6 is 0 Å². The van der Waals surface area contributed by atoms with Gasteiger partial charge in [0.05, 0.1) is 0 Å². The van der Waals surface area contributed by atoms with Crippen LogP contribution in [-0.4, -0.2) is 29.4 Å². The Morgan fingerprint density at radius 3 is 2.26 bits per heavy atom. The summed E-state index contributed by atoms with van der Waals surface area (Å²) in [6.45, 7) is -0.438. The smallest absolute Gasteiger partial charge is 0.300 e. The highest BCUT2D eigenvalue weighted by Gasteiger charge is 2.31. The number of pyridine rings is 1. The van der Waals surface area contributed by atoms with Gasteiger partial charge in [-0.1, -0.05) is 6.07 Å². The summed E-state index contributed by atoms with van der Waals surface area (Å²) in [7, 11) is 0. The van der Waals surface area contributed by atoms with E-state index >= 15 is 0 Å². The molecule has 1 N–H and O–H groups in total. The number of carbonyl (C=O) groups excluding carboxylic acids is 3. The van der Waals surface area contributed by atoms with Gasteiger partial charge in [0.15, 0.2) is 24.4 Å². The van der Waals surface area contributed by atoms with Crippen molar-refractivity contribution in [2.75, 3.05) is 0 Å². The number of aromatic nitrogens is 1. The lowest BCUT2D eigenvalue weighted by Crippen LogP contribution is -2.39. The quantitative estimate of drug-likeness (QED) is 0.203. The normalized spacial score (nSPS) is 11.9. The van der Waals surface area contributed by atoms with Gasteiger partial charge in [-0.05, 0) is 0 Å². The summed E-state index contributed by atoms with van der Waals surface area (Å²) >= 11 is 0. The molecule has 1 aromatic rings. The fraction of sp³-hybridized carbons (Fsp3) is 0.167. The van der Waals surface area contributed by atoms with E-state index in [4.69, 9.17) is 5.11 Å². The molecule has 1 aromatic heterocycles. The van der Waals surface area contributed by atoms with E-state index in [0.29, 0.717) is 0 Å². The van der Waals surface area contributed by atoms with Crippen LogP contribution in [0.5, 0.6) is 0 Å². The fourth-order valence-electron chi connectivity index (χ4n) is 1.36. The molecule has 0 aliphatic heterocycles. The van der Waals surface area contributed by atoms with Crippen molar-refractivity contribution >= 4 is 17.9 Å². The Morgan fingerprint density at radius 2 is 1.79 bits per heavy atom. The first-order valence-electron chi connectivity index (χ1n) is 5.15. The second-order valence-corrected chi connectivity index (χ2v) is 3.51. The van der Waals surface area contributed by atoms with E-state index in [9.17, 15) is 23.2 Å². The first kappa shape index (κ1) is 14.6. The summed E-state index contributed by atoms with van der Waals surface area (Å²) in [4.78, 5) is 33.2. The first-order valence-corrected chi connectivity index (χ1v) is 5.15. The zero-order valence-corrected chi connectivity index (χ0v) is 9.62. The predicted octanol–water partition coefficient (Wildman–Crippen LogP) is 0.388. The van der Waals surface area contributed by atoms with Gasteiger partial charge in [-0.2, -0.15) is 4.57 Å². The lowest BCUT2D eigenvalue weighted by atomic mass is 10.1. The molecule has 0 unspecified atom stereocenters. The molecule has 1 heterocycles. The number of ketones is 2. The van der Waals surface area contributed by atoms with Crippen LogP contribution in [0.1, 0.15) is 0 Å². The molecular weight excluding hydrogens is 260 g/mol. The Morgan fingerprint density at radius 1 is 1.21 bits per heavy atom. The van der Waals surface area contributed by atoms with Crippen molar-refractivity contribution < 1.29 is 32.8 Å². The van der Waals surface area contributed by atoms with E-state index in [1.54, 1.807) is 18.2 Å². The van der Waals surface area contributed by atoms with Gasteiger partial charge >= 0.3 is 6.43 Å². The van der Waals surface area contributed by atoms with E-state index in [0.717, 1.165) is 0 Å². The number of carbonyl (C=O) groups is 3. The van der Waals surface area contributed by atoms with Crippen molar-refractivity contribution in [3.05, 3.63) is 41.9 Å². The molecule has 0 spiro atoms. The Hall–Kier alpha value is -2.44. The van der Waals surface area contributed by atoms with Gasteiger partial charge in [0.1, 0.15) is 5.57 Å². The first-order chi connectivity index (χ1) is 8.97. The molecule has 0 saturated carbocycles. The molecule has 0 aromatic carbocycles. The number of nitrogens with zero attached hydrogens (tertiary/aromatic N) is 1. The summed E-state index contributed by atoms with van der Waals surface area (Å²) in [6, 6.07) is 4.85. The second kappa shape index (κ2) is 6.48. The zero-order chi connectivity index (χ0) is 14.4. The maximum Gasteiger partial charge on any atom is 0.300 e. The average Bonchev–Trinajstić information content (AvgIpc) is 2.39. The Balaban J connectivity index is 3.04. The van der Waals surface area contributed by atoms with Gasteiger partial charge in [0.2, 0.25) is 18.1 Å². The van der Waals surface area contributed by atoms with Crippen LogP contribution in [0.4, 0.5) is 8.78 Å².